The number of sulfonamides is 1. The van der Waals surface area contributed by atoms with E-state index in [-0.39, 0.29) is 22.7 Å². The lowest BCUT2D eigenvalue weighted by Gasteiger charge is -2.13. The van der Waals surface area contributed by atoms with Crippen LogP contribution >= 0.6 is 0 Å². The fourth-order valence-electron chi connectivity index (χ4n) is 3.54. The smallest absolute Gasteiger partial charge is 0.287 e. The van der Waals surface area contributed by atoms with Gasteiger partial charge in [-0.1, -0.05) is 48.5 Å². The lowest BCUT2D eigenvalue weighted by Crippen LogP contribution is -2.43. The molecule has 1 amide bonds. The van der Waals surface area contributed by atoms with Gasteiger partial charge in [-0.15, -0.1) is 4.83 Å². The first-order valence-corrected chi connectivity index (χ1v) is 11.8. The van der Waals surface area contributed by atoms with Crippen LogP contribution in [0.5, 0.6) is 5.75 Å². The van der Waals surface area contributed by atoms with Gasteiger partial charge in [0.15, 0.2) is 5.69 Å². The molecule has 4 aromatic rings. The van der Waals surface area contributed by atoms with Crippen LogP contribution in [0.4, 0.5) is 0 Å². The van der Waals surface area contributed by atoms with Crippen molar-refractivity contribution in [2.45, 2.75) is 18.4 Å². The number of nitrogens with zero attached hydrogens (tertiary/aromatic N) is 2. The zero-order valence-corrected chi connectivity index (χ0v) is 19.3. The molecule has 0 radical (unpaired) electrons. The number of ether oxygens (including phenoxy) is 1. The summed E-state index contributed by atoms with van der Waals surface area (Å²) in [5.41, 5.74) is 3.04. The first-order valence-electron chi connectivity index (χ1n) is 10.3. The van der Waals surface area contributed by atoms with Crippen molar-refractivity contribution in [3.05, 3.63) is 100.0 Å². The number of aryl methyl sites for hydroxylation is 1. The zero-order valence-electron chi connectivity index (χ0n) is 18.5. The molecule has 0 aliphatic heterocycles. The van der Waals surface area contributed by atoms with Crippen molar-refractivity contribution in [3.63, 3.8) is 0 Å². The molecule has 9 nitrogen and oxygen atoms in total. The number of aromatic nitrogens is 2. The average molecular weight is 479 g/mol. The molecular formula is C24H22N4O5S. The van der Waals surface area contributed by atoms with Crippen LogP contribution in [0.2, 0.25) is 0 Å². The number of nitrogens with one attached hydrogen (secondary N) is 2. The maximum atomic E-state index is 13.0. The number of methoxy groups -OCH3 is 1. The van der Waals surface area contributed by atoms with Crippen LogP contribution in [0.25, 0.3) is 10.8 Å². The number of rotatable bonds is 7. The first-order chi connectivity index (χ1) is 16.3. The largest absolute Gasteiger partial charge is 0.497 e. The highest BCUT2D eigenvalue weighted by atomic mass is 32.2. The fourth-order valence-corrected chi connectivity index (χ4v) is 4.61. The third-order valence-corrected chi connectivity index (χ3v) is 6.64. The van der Waals surface area contributed by atoms with Crippen molar-refractivity contribution in [1.82, 2.24) is 20.0 Å². The number of hydrogen-bond donors (Lipinski definition) is 2. The summed E-state index contributed by atoms with van der Waals surface area (Å²) in [7, 11) is -2.59. The Morgan fingerprint density at radius 1 is 1.00 bits per heavy atom. The molecule has 0 fully saturated rings. The minimum atomic E-state index is -4.07. The molecule has 1 aromatic heterocycles. The number of carbonyl (C=O) groups excluding carboxylic acids is 1. The summed E-state index contributed by atoms with van der Waals surface area (Å²) in [4.78, 5) is 28.0. The standard InChI is InChI=1S/C24H22N4O5S/c1-16-14-18(33-2)12-13-21(16)34(31,32)27-25-23(29)22-19-10-6-7-11-20(19)24(30)28(26-22)15-17-8-4-3-5-9-17/h3-14,27H,15H2,1-2H3,(H,25,29). The number of amides is 1. The predicted molar refractivity (Wildman–Crippen MR) is 127 cm³/mol. The molecule has 10 heteroatoms. The van der Waals surface area contributed by atoms with E-state index in [9.17, 15) is 18.0 Å². The van der Waals surface area contributed by atoms with Crippen molar-refractivity contribution < 1.29 is 17.9 Å². The fraction of sp³-hybridized carbons (Fsp3) is 0.125. The summed E-state index contributed by atoms with van der Waals surface area (Å²) in [6.45, 7) is 1.77. The van der Waals surface area contributed by atoms with Crippen LogP contribution < -0.4 is 20.6 Å². The van der Waals surface area contributed by atoms with E-state index in [2.05, 4.69) is 15.4 Å². The van der Waals surface area contributed by atoms with Gasteiger partial charge in [-0.2, -0.15) is 5.10 Å². The summed E-state index contributed by atoms with van der Waals surface area (Å²) in [6, 6.07) is 20.2. The molecule has 4 rings (SSSR count). The van der Waals surface area contributed by atoms with Crippen molar-refractivity contribution in [3.8, 4) is 5.75 Å². The SMILES string of the molecule is COc1ccc(S(=O)(=O)NNC(=O)c2nn(Cc3ccccc3)c(=O)c3ccccc23)c(C)c1. The third kappa shape index (κ3) is 4.68. The predicted octanol–water partition coefficient (Wildman–Crippen LogP) is 2.39. The zero-order chi connectivity index (χ0) is 24.3. The Kier molecular flexibility index (Phi) is 6.44. The van der Waals surface area contributed by atoms with Gasteiger partial charge in [0.05, 0.1) is 23.9 Å². The van der Waals surface area contributed by atoms with E-state index < -0.39 is 15.9 Å². The lowest BCUT2D eigenvalue weighted by atomic mass is 10.1. The van der Waals surface area contributed by atoms with Crippen molar-refractivity contribution in [2.24, 2.45) is 0 Å². The molecule has 2 N–H and O–H groups in total. The van der Waals surface area contributed by atoms with Gasteiger partial charge in [0.2, 0.25) is 0 Å². The second-order valence-corrected chi connectivity index (χ2v) is 9.18. The summed E-state index contributed by atoms with van der Waals surface area (Å²) in [6.07, 6.45) is 0. The molecule has 3 aromatic carbocycles. The third-order valence-electron chi connectivity index (χ3n) is 5.23. The van der Waals surface area contributed by atoms with Crippen LogP contribution in [0.3, 0.4) is 0 Å². The summed E-state index contributed by atoms with van der Waals surface area (Å²) in [5.74, 6) is -0.287. The molecule has 174 valence electrons. The maximum absolute atomic E-state index is 13.0. The van der Waals surface area contributed by atoms with Gasteiger partial charge < -0.3 is 4.74 Å². The second-order valence-electron chi connectivity index (χ2n) is 7.53. The quantitative estimate of drug-likeness (QED) is 0.394. The summed E-state index contributed by atoms with van der Waals surface area (Å²) >= 11 is 0. The van der Waals surface area contributed by atoms with E-state index in [0.29, 0.717) is 22.1 Å². The van der Waals surface area contributed by atoms with E-state index in [1.54, 1.807) is 37.3 Å². The molecule has 0 saturated heterocycles. The van der Waals surface area contributed by atoms with Gasteiger partial charge in [-0.25, -0.2) is 13.1 Å². The Labute approximate surface area is 196 Å². The Balaban J connectivity index is 1.66. The first kappa shape index (κ1) is 23.1. The lowest BCUT2D eigenvalue weighted by molar-refractivity contribution is 0.0939. The van der Waals surface area contributed by atoms with Crippen LogP contribution in [0.15, 0.2) is 82.5 Å². The van der Waals surface area contributed by atoms with E-state index in [1.165, 1.54) is 23.9 Å². The van der Waals surface area contributed by atoms with E-state index >= 15 is 0 Å². The van der Waals surface area contributed by atoms with Gasteiger partial charge in [-0.3, -0.25) is 15.0 Å². The minimum absolute atomic E-state index is 0.0135. The maximum Gasteiger partial charge on any atom is 0.287 e. The second kappa shape index (κ2) is 9.46. The normalized spacial score (nSPS) is 11.4. The molecular weight excluding hydrogens is 456 g/mol. The van der Waals surface area contributed by atoms with Crippen LogP contribution in [0.1, 0.15) is 21.6 Å². The van der Waals surface area contributed by atoms with Crippen LogP contribution in [0, 0.1) is 6.92 Å². The highest BCUT2D eigenvalue weighted by molar-refractivity contribution is 7.89. The van der Waals surface area contributed by atoms with Crippen molar-refractivity contribution in [1.29, 1.82) is 0 Å². The number of carbonyl (C=O) groups is 1. The summed E-state index contributed by atoms with van der Waals surface area (Å²) in [5, 5.41) is 4.86. The van der Waals surface area contributed by atoms with Crippen molar-refractivity contribution in [2.75, 3.05) is 7.11 Å². The highest BCUT2D eigenvalue weighted by Crippen LogP contribution is 2.20. The van der Waals surface area contributed by atoms with E-state index in [1.807, 2.05) is 30.3 Å². The Morgan fingerprint density at radius 2 is 1.68 bits per heavy atom. The Bertz CT molecular complexity index is 1530. The Hall–Kier alpha value is -4.02. The number of benzene rings is 3. The van der Waals surface area contributed by atoms with E-state index in [0.717, 1.165) is 5.56 Å². The van der Waals surface area contributed by atoms with Gasteiger partial charge in [0.25, 0.3) is 21.5 Å². The monoisotopic (exact) mass is 478 g/mol. The molecule has 34 heavy (non-hydrogen) atoms. The van der Waals surface area contributed by atoms with Gasteiger partial charge >= 0.3 is 0 Å². The average Bonchev–Trinajstić information content (AvgIpc) is 2.84. The molecule has 0 bridgehead atoms. The molecule has 0 aliphatic carbocycles. The molecule has 0 saturated carbocycles. The highest BCUT2D eigenvalue weighted by Gasteiger charge is 2.21. The van der Waals surface area contributed by atoms with Gasteiger partial charge in [-0.05, 0) is 42.3 Å². The summed E-state index contributed by atoms with van der Waals surface area (Å²) < 4.78 is 31.8. The Morgan fingerprint density at radius 3 is 2.35 bits per heavy atom. The molecule has 0 unspecified atom stereocenters. The molecule has 0 spiro atoms. The van der Waals surface area contributed by atoms with Crippen LogP contribution in [-0.2, 0) is 16.6 Å². The number of hydrazine groups is 1. The number of fused-ring (bicyclic) bond motifs is 1. The number of hydrogen-bond acceptors (Lipinski definition) is 6. The van der Waals surface area contributed by atoms with Gasteiger partial charge in [0.1, 0.15) is 5.75 Å². The molecule has 0 atom stereocenters. The van der Waals surface area contributed by atoms with Crippen LogP contribution in [-0.4, -0.2) is 31.2 Å². The topological polar surface area (TPSA) is 119 Å². The minimum Gasteiger partial charge on any atom is -0.497 e. The van der Waals surface area contributed by atoms with Crippen molar-refractivity contribution >= 4 is 26.7 Å². The van der Waals surface area contributed by atoms with E-state index in [4.69, 9.17) is 4.74 Å². The molecule has 1 heterocycles. The molecule has 0 aliphatic rings. The van der Waals surface area contributed by atoms with Gasteiger partial charge in [0, 0.05) is 5.39 Å².